The largest absolute Gasteiger partial charge is 0.406 e. The Morgan fingerprint density at radius 1 is 1.69 bits per heavy atom. The second-order valence-electron chi connectivity index (χ2n) is 2.64. The molecule has 0 atom stereocenters. The number of hydrogen-bond donors (Lipinski definition) is 0. The molecule has 0 saturated heterocycles. The topological polar surface area (TPSA) is 44.1 Å². The van der Waals surface area contributed by atoms with Gasteiger partial charge >= 0.3 is 5.97 Å². The summed E-state index contributed by atoms with van der Waals surface area (Å²) in [5, 5.41) is 4.51. The van der Waals surface area contributed by atoms with E-state index < -0.39 is 5.97 Å². The molecule has 0 bridgehead atoms. The average molecular weight is 203 g/mol. The van der Waals surface area contributed by atoms with Crippen LogP contribution in [0.4, 0.5) is 0 Å². The fraction of sp³-hybridized carbons (Fsp3) is 0.500. The Bertz CT molecular complexity index is 333. The molecule has 0 aliphatic rings. The number of hydrogen-bond acceptors (Lipinski definition) is 3. The maximum atomic E-state index is 10.7. The van der Waals surface area contributed by atoms with E-state index in [1.54, 1.807) is 7.05 Å². The number of halogens is 1. The van der Waals surface area contributed by atoms with Gasteiger partial charge in [0.15, 0.2) is 0 Å². The molecular formula is C8H11ClN2O2. The number of aromatic nitrogens is 2. The fourth-order valence-corrected chi connectivity index (χ4v) is 1.34. The highest BCUT2D eigenvalue weighted by Crippen LogP contribution is 2.27. The van der Waals surface area contributed by atoms with Gasteiger partial charge in [0.1, 0.15) is 5.02 Å². The Kier molecular flexibility index (Phi) is 2.93. The fourth-order valence-electron chi connectivity index (χ4n) is 1.01. The molecule has 72 valence electrons. The second-order valence-corrected chi connectivity index (χ2v) is 3.01. The molecule has 0 saturated carbocycles. The third-order valence-corrected chi connectivity index (χ3v) is 1.96. The van der Waals surface area contributed by atoms with Gasteiger partial charge in [0.05, 0.1) is 5.69 Å². The van der Waals surface area contributed by atoms with Crippen LogP contribution in [0.25, 0.3) is 0 Å². The third-order valence-electron chi connectivity index (χ3n) is 1.58. The molecule has 0 amide bonds. The SMILES string of the molecule is CCc1nn(C)c(OC(C)=O)c1Cl. The number of ether oxygens (including phenoxy) is 1. The molecule has 0 aromatic carbocycles. The average Bonchev–Trinajstić information content (AvgIpc) is 2.31. The molecule has 4 nitrogen and oxygen atoms in total. The van der Waals surface area contributed by atoms with Gasteiger partial charge in [-0.1, -0.05) is 18.5 Å². The van der Waals surface area contributed by atoms with Crippen LogP contribution in [0.3, 0.4) is 0 Å². The Labute approximate surface area is 81.4 Å². The minimum absolute atomic E-state index is 0.311. The van der Waals surface area contributed by atoms with E-state index in [0.717, 1.165) is 5.69 Å². The Balaban J connectivity index is 3.05. The summed E-state index contributed by atoms with van der Waals surface area (Å²) in [6.07, 6.45) is 0.716. The minimum Gasteiger partial charge on any atom is -0.406 e. The lowest BCUT2D eigenvalue weighted by Crippen LogP contribution is -2.05. The van der Waals surface area contributed by atoms with Crippen molar-refractivity contribution < 1.29 is 9.53 Å². The van der Waals surface area contributed by atoms with Crippen LogP contribution in [0.1, 0.15) is 19.5 Å². The first-order valence-corrected chi connectivity index (χ1v) is 4.33. The minimum atomic E-state index is -0.396. The first-order valence-electron chi connectivity index (χ1n) is 3.96. The highest BCUT2D eigenvalue weighted by molar-refractivity contribution is 6.32. The normalized spacial score (nSPS) is 10.2. The number of carbonyl (C=O) groups is 1. The smallest absolute Gasteiger partial charge is 0.309 e. The molecule has 1 heterocycles. The van der Waals surface area contributed by atoms with Crippen molar-refractivity contribution in [2.75, 3.05) is 0 Å². The van der Waals surface area contributed by atoms with Crippen LogP contribution in [0.15, 0.2) is 0 Å². The van der Waals surface area contributed by atoms with Crippen molar-refractivity contribution in [2.24, 2.45) is 7.05 Å². The molecular weight excluding hydrogens is 192 g/mol. The van der Waals surface area contributed by atoms with Gasteiger partial charge in [-0.25, -0.2) is 4.68 Å². The van der Waals surface area contributed by atoms with Gasteiger partial charge < -0.3 is 4.74 Å². The van der Waals surface area contributed by atoms with Crippen molar-refractivity contribution in [3.63, 3.8) is 0 Å². The summed E-state index contributed by atoms with van der Waals surface area (Å²) < 4.78 is 6.35. The Morgan fingerprint density at radius 2 is 2.31 bits per heavy atom. The molecule has 1 aromatic rings. The number of nitrogens with zero attached hydrogens (tertiary/aromatic N) is 2. The number of carbonyl (C=O) groups excluding carboxylic acids is 1. The van der Waals surface area contributed by atoms with E-state index >= 15 is 0 Å². The highest BCUT2D eigenvalue weighted by Gasteiger charge is 2.15. The molecule has 0 aliphatic carbocycles. The van der Waals surface area contributed by atoms with Gasteiger partial charge in [-0.2, -0.15) is 5.10 Å². The van der Waals surface area contributed by atoms with E-state index in [1.807, 2.05) is 6.92 Å². The summed E-state index contributed by atoms with van der Waals surface area (Å²) >= 11 is 5.91. The number of esters is 1. The van der Waals surface area contributed by atoms with E-state index in [4.69, 9.17) is 16.3 Å². The molecule has 0 spiro atoms. The van der Waals surface area contributed by atoms with Crippen LogP contribution >= 0.6 is 11.6 Å². The van der Waals surface area contributed by atoms with Gasteiger partial charge in [0.25, 0.3) is 0 Å². The zero-order valence-corrected chi connectivity index (χ0v) is 8.55. The monoisotopic (exact) mass is 202 g/mol. The van der Waals surface area contributed by atoms with Gasteiger partial charge in [-0.3, -0.25) is 4.79 Å². The molecule has 13 heavy (non-hydrogen) atoms. The summed E-state index contributed by atoms with van der Waals surface area (Å²) in [6.45, 7) is 3.26. The van der Waals surface area contributed by atoms with E-state index in [0.29, 0.717) is 17.3 Å². The molecule has 0 fully saturated rings. The maximum absolute atomic E-state index is 10.7. The molecule has 0 radical (unpaired) electrons. The Hall–Kier alpha value is -1.03. The van der Waals surface area contributed by atoms with Crippen molar-refractivity contribution in [3.05, 3.63) is 10.7 Å². The first-order chi connectivity index (χ1) is 6.06. The third kappa shape index (κ3) is 2.01. The first kappa shape index (κ1) is 10.1. The van der Waals surface area contributed by atoms with E-state index in [-0.39, 0.29) is 0 Å². The zero-order valence-electron chi connectivity index (χ0n) is 7.80. The van der Waals surface area contributed by atoms with Crippen LogP contribution in [-0.4, -0.2) is 15.7 Å². The molecule has 0 unspecified atom stereocenters. The number of rotatable bonds is 2. The van der Waals surface area contributed by atoms with Crippen LogP contribution in [0, 0.1) is 0 Å². The van der Waals surface area contributed by atoms with Gasteiger partial charge in [-0.05, 0) is 6.42 Å². The molecule has 0 N–H and O–H groups in total. The number of aryl methyl sites for hydroxylation is 2. The van der Waals surface area contributed by atoms with Crippen LogP contribution in [0.5, 0.6) is 5.88 Å². The van der Waals surface area contributed by atoms with Gasteiger partial charge in [0.2, 0.25) is 5.88 Å². The quantitative estimate of drug-likeness (QED) is 0.684. The summed E-state index contributed by atoms with van der Waals surface area (Å²) in [6, 6.07) is 0. The molecule has 0 aliphatic heterocycles. The van der Waals surface area contributed by atoms with Crippen molar-refractivity contribution >= 4 is 17.6 Å². The summed E-state index contributed by atoms with van der Waals surface area (Å²) in [7, 11) is 1.68. The summed E-state index contributed by atoms with van der Waals surface area (Å²) in [5.74, 6) is -0.0847. The van der Waals surface area contributed by atoms with Crippen molar-refractivity contribution in [1.82, 2.24) is 9.78 Å². The summed E-state index contributed by atoms with van der Waals surface area (Å²) in [4.78, 5) is 10.7. The lowest BCUT2D eigenvalue weighted by Gasteiger charge is -2.00. The Morgan fingerprint density at radius 3 is 2.69 bits per heavy atom. The lowest BCUT2D eigenvalue weighted by molar-refractivity contribution is -0.132. The lowest BCUT2D eigenvalue weighted by atomic mass is 10.3. The standard InChI is InChI=1S/C8H11ClN2O2/c1-4-6-7(9)8(11(3)10-6)13-5(2)12/h4H2,1-3H3. The van der Waals surface area contributed by atoms with Crippen molar-refractivity contribution in [3.8, 4) is 5.88 Å². The summed E-state index contributed by atoms with van der Waals surface area (Å²) in [5.41, 5.74) is 0.736. The predicted octanol–water partition coefficient (Wildman–Crippen LogP) is 1.56. The highest BCUT2D eigenvalue weighted by atomic mass is 35.5. The van der Waals surface area contributed by atoms with Crippen LogP contribution in [-0.2, 0) is 18.3 Å². The molecule has 1 rings (SSSR count). The maximum Gasteiger partial charge on any atom is 0.309 e. The van der Waals surface area contributed by atoms with Gasteiger partial charge in [-0.15, -0.1) is 0 Å². The van der Waals surface area contributed by atoms with E-state index in [2.05, 4.69) is 5.10 Å². The van der Waals surface area contributed by atoms with Crippen molar-refractivity contribution in [2.45, 2.75) is 20.3 Å². The van der Waals surface area contributed by atoms with Gasteiger partial charge in [0, 0.05) is 14.0 Å². The predicted molar refractivity (Wildman–Crippen MR) is 48.9 cm³/mol. The van der Waals surface area contributed by atoms with Crippen LogP contribution in [0.2, 0.25) is 5.02 Å². The van der Waals surface area contributed by atoms with Crippen molar-refractivity contribution in [1.29, 1.82) is 0 Å². The molecule has 5 heteroatoms. The van der Waals surface area contributed by atoms with Crippen LogP contribution < -0.4 is 4.74 Å². The molecule has 1 aromatic heterocycles. The zero-order chi connectivity index (χ0) is 10.0. The second kappa shape index (κ2) is 3.79. The van der Waals surface area contributed by atoms with E-state index in [1.165, 1.54) is 11.6 Å². The van der Waals surface area contributed by atoms with E-state index in [9.17, 15) is 4.79 Å².